The van der Waals surface area contributed by atoms with E-state index in [0.717, 1.165) is 30.3 Å². The van der Waals surface area contributed by atoms with E-state index in [-0.39, 0.29) is 11.5 Å². The Morgan fingerprint density at radius 3 is 2.71 bits per heavy atom. The molecule has 0 spiro atoms. The number of anilines is 2. The number of nitrogens with zero attached hydrogens (tertiary/aromatic N) is 1. The van der Waals surface area contributed by atoms with E-state index in [2.05, 4.69) is 4.90 Å². The zero-order valence-electron chi connectivity index (χ0n) is 7.87. The van der Waals surface area contributed by atoms with Gasteiger partial charge in [-0.3, -0.25) is 0 Å². The van der Waals surface area contributed by atoms with E-state index in [0.29, 0.717) is 0 Å². The number of nitrogen functional groups attached to an aromatic ring is 1. The van der Waals surface area contributed by atoms with Crippen molar-refractivity contribution in [2.45, 2.75) is 0 Å². The Morgan fingerprint density at radius 1 is 1.29 bits per heavy atom. The molecule has 0 atom stereocenters. The van der Waals surface area contributed by atoms with Crippen molar-refractivity contribution < 1.29 is 4.39 Å². The van der Waals surface area contributed by atoms with Crippen LogP contribution >= 0.6 is 11.8 Å². The summed E-state index contributed by atoms with van der Waals surface area (Å²) in [6.07, 6.45) is 0. The maximum Gasteiger partial charge on any atom is 0.148 e. The van der Waals surface area contributed by atoms with Crippen molar-refractivity contribution in [3.05, 3.63) is 24.0 Å². The second-order valence-electron chi connectivity index (χ2n) is 3.27. The Labute approximate surface area is 87.3 Å². The fraction of sp³-hybridized carbons (Fsp3) is 0.400. The molecule has 0 aliphatic carbocycles. The Balaban J connectivity index is 2.26. The Hall–Kier alpha value is -0.900. The quantitative estimate of drug-likeness (QED) is 0.722. The highest BCUT2D eigenvalue weighted by Crippen LogP contribution is 2.27. The van der Waals surface area contributed by atoms with Crippen molar-refractivity contribution in [1.29, 1.82) is 0 Å². The summed E-state index contributed by atoms with van der Waals surface area (Å²) in [5, 5.41) is 0. The smallest absolute Gasteiger partial charge is 0.148 e. The van der Waals surface area contributed by atoms with E-state index in [1.807, 2.05) is 17.8 Å². The molecule has 1 aromatic rings. The monoisotopic (exact) mass is 212 g/mol. The molecule has 1 saturated heterocycles. The standard InChI is InChI=1S/C10H13FN2S/c11-8-2-1-3-9(10(8)12)13-4-6-14-7-5-13/h1-3H,4-7,12H2. The molecular formula is C10H13FN2S. The van der Waals surface area contributed by atoms with Gasteiger partial charge >= 0.3 is 0 Å². The molecule has 0 bridgehead atoms. The van der Waals surface area contributed by atoms with Crippen molar-refractivity contribution in [1.82, 2.24) is 0 Å². The molecule has 2 nitrogen and oxygen atoms in total. The van der Waals surface area contributed by atoms with Crippen LogP contribution in [0.3, 0.4) is 0 Å². The lowest BCUT2D eigenvalue weighted by Crippen LogP contribution is -2.33. The first-order valence-corrected chi connectivity index (χ1v) is 5.81. The van der Waals surface area contributed by atoms with E-state index in [9.17, 15) is 4.39 Å². The van der Waals surface area contributed by atoms with Gasteiger partial charge in [0.15, 0.2) is 0 Å². The molecule has 0 amide bonds. The van der Waals surface area contributed by atoms with E-state index >= 15 is 0 Å². The minimum absolute atomic E-state index is 0.277. The molecule has 1 aliphatic rings. The number of hydrogen-bond acceptors (Lipinski definition) is 3. The number of para-hydroxylation sites is 1. The van der Waals surface area contributed by atoms with Gasteiger partial charge in [-0.05, 0) is 12.1 Å². The van der Waals surface area contributed by atoms with Crippen LogP contribution < -0.4 is 10.6 Å². The lowest BCUT2D eigenvalue weighted by Gasteiger charge is -2.29. The van der Waals surface area contributed by atoms with Gasteiger partial charge in [-0.1, -0.05) is 6.07 Å². The summed E-state index contributed by atoms with van der Waals surface area (Å²) in [5.41, 5.74) is 6.81. The molecule has 0 saturated carbocycles. The normalized spacial score (nSPS) is 17.1. The first-order chi connectivity index (χ1) is 6.79. The molecule has 4 heteroatoms. The van der Waals surface area contributed by atoms with Crippen molar-refractivity contribution in [3.63, 3.8) is 0 Å². The number of halogens is 1. The summed E-state index contributed by atoms with van der Waals surface area (Å²) in [7, 11) is 0. The van der Waals surface area contributed by atoms with Gasteiger partial charge in [0, 0.05) is 24.6 Å². The predicted molar refractivity (Wildman–Crippen MR) is 60.4 cm³/mol. The fourth-order valence-corrected chi connectivity index (χ4v) is 2.51. The van der Waals surface area contributed by atoms with E-state index in [1.54, 1.807) is 6.07 Å². The van der Waals surface area contributed by atoms with E-state index in [1.165, 1.54) is 6.07 Å². The molecule has 1 fully saturated rings. The molecule has 0 aromatic heterocycles. The van der Waals surface area contributed by atoms with Crippen molar-refractivity contribution >= 4 is 23.1 Å². The molecule has 1 aromatic carbocycles. The molecule has 14 heavy (non-hydrogen) atoms. The minimum atomic E-state index is -0.319. The Morgan fingerprint density at radius 2 is 2.00 bits per heavy atom. The van der Waals surface area contributed by atoms with Crippen molar-refractivity contribution in [2.24, 2.45) is 0 Å². The minimum Gasteiger partial charge on any atom is -0.395 e. The van der Waals surface area contributed by atoms with Crippen LogP contribution in [-0.2, 0) is 0 Å². The van der Waals surface area contributed by atoms with Crippen LogP contribution in [0, 0.1) is 5.82 Å². The number of benzene rings is 1. The summed E-state index contributed by atoms with van der Waals surface area (Å²) in [6.45, 7) is 1.91. The summed E-state index contributed by atoms with van der Waals surface area (Å²) in [6, 6.07) is 4.99. The predicted octanol–water partition coefficient (Wildman–Crippen LogP) is 1.96. The van der Waals surface area contributed by atoms with Gasteiger partial charge in [0.2, 0.25) is 0 Å². The Bertz CT molecular complexity index is 324. The van der Waals surface area contributed by atoms with Gasteiger partial charge in [0.05, 0.1) is 11.4 Å². The zero-order chi connectivity index (χ0) is 9.97. The summed E-state index contributed by atoms with van der Waals surface area (Å²) in [4.78, 5) is 2.15. The summed E-state index contributed by atoms with van der Waals surface area (Å²) < 4.78 is 13.2. The highest BCUT2D eigenvalue weighted by molar-refractivity contribution is 7.99. The SMILES string of the molecule is Nc1c(F)cccc1N1CCSCC1. The molecular weight excluding hydrogens is 199 g/mol. The lowest BCUT2D eigenvalue weighted by atomic mass is 10.2. The van der Waals surface area contributed by atoms with Crippen LogP contribution in [0.25, 0.3) is 0 Å². The number of thioether (sulfide) groups is 1. The van der Waals surface area contributed by atoms with Gasteiger partial charge in [0.25, 0.3) is 0 Å². The third-order valence-corrected chi connectivity index (χ3v) is 3.32. The highest BCUT2D eigenvalue weighted by Gasteiger charge is 2.14. The van der Waals surface area contributed by atoms with Crippen molar-refractivity contribution in [3.8, 4) is 0 Å². The number of rotatable bonds is 1. The average Bonchev–Trinajstić information content (AvgIpc) is 2.23. The first kappa shape index (κ1) is 9.65. The average molecular weight is 212 g/mol. The van der Waals surface area contributed by atoms with E-state index < -0.39 is 0 Å². The molecule has 1 aliphatic heterocycles. The summed E-state index contributed by atoms with van der Waals surface area (Å²) in [5.74, 6) is 1.87. The summed E-state index contributed by atoms with van der Waals surface area (Å²) >= 11 is 1.93. The van der Waals surface area contributed by atoms with Crippen LogP contribution in [0.5, 0.6) is 0 Å². The second-order valence-corrected chi connectivity index (χ2v) is 4.50. The van der Waals surface area contributed by atoms with Crippen LogP contribution in [0.1, 0.15) is 0 Å². The molecule has 1 heterocycles. The Kier molecular flexibility index (Phi) is 2.82. The van der Waals surface area contributed by atoms with Crippen molar-refractivity contribution in [2.75, 3.05) is 35.2 Å². The maximum absolute atomic E-state index is 13.2. The molecule has 2 rings (SSSR count). The first-order valence-electron chi connectivity index (χ1n) is 4.66. The number of nitrogens with two attached hydrogens (primary N) is 1. The third-order valence-electron chi connectivity index (χ3n) is 2.38. The van der Waals surface area contributed by atoms with Gasteiger partial charge in [-0.15, -0.1) is 0 Å². The topological polar surface area (TPSA) is 29.3 Å². The molecule has 0 radical (unpaired) electrons. The second kappa shape index (κ2) is 4.09. The number of hydrogen-bond donors (Lipinski definition) is 1. The van der Waals surface area contributed by atoms with Gasteiger partial charge in [-0.2, -0.15) is 11.8 Å². The van der Waals surface area contributed by atoms with Crippen LogP contribution in [0.2, 0.25) is 0 Å². The third kappa shape index (κ3) is 1.80. The highest BCUT2D eigenvalue weighted by atomic mass is 32.2. The van der Waals surface area contributed by atoms with E-state index in [4.69, 9.17) is 5.73 Å². The van der Waals surface area contributed by atoms with Crippen LogP contribution in [0.15, 0.2) is 18.2 Å². The largest absolute Gasteiger partial charge is 0.395 e. The molecule has 0 unspecified atom stereocenters. The maximum atomic E-state index is 13.2. The van der Waals surface area contributed by atoms with Gasteiger partial charge in [0.1, 0.15) is 5.82 Å². The lowest BCUT2D eigenvalue weighted by molar-refractivity contribution is 0.631. The van der Waals surface area contributed by atoms with Gasteiger partial charge in [-0.25, -0.2) is 4.39 Å². The molecule has 76 valence electrons. The van der Waals surface area contributed by atoms with Crippen LogP contribution in [0.4, 0.5) is 15.8 Å². The fourth-order valence-electron chi connectivity index (χ4n) is 1.61. The van der Waals surface area contributed by atoms with Gasteiger partial charge < -0.3 is 10.6 Å². The molecule has 2 N–H and O–H groups in total. The zero-order valence-corrected chi connectivity index (χ0v) is 8.69. The van der Waals surface area contributed by atoms with Crippen LogP contribution in [-0.4, -0.2) is 24.6 Å².